The monoisotopic (exact) mass is 353 g/mol. The summed E-state index contributed by atoms with van der Waals surface area (Å²) in [6.07, 6.45) is 14.3. The second-order valence-electron chi connectivity index (χ2n) is 7.35. The molecule has 1 fully saturated rings. The number of allylic oxidation sites excluding steroid dienone is 2. The van der Waals surface area contributed by atoms with Crippen molar-refractivity contribution < 1.29 is 9.53 Å². The fourth-order valence-corrected chi connectivity index (χ4v) is 3.66. The zero-order valence-electron chi connectivity index (χ0n) is 16.0. The Bertz CT molecular complexity index is 604. The SMILES string of the molecule is CCCCCc1ccc(OC(=O)C2CCC(CC/C=C/C#N)CC2)cc1. The van der Waals surface area contributed by atoms with Crippen LogP contribution in [0.1, 0.15) is 70.3 Å². The minimum absolute atomic E-state index is 0.0325. The quantitative estimate of drug-likeness (QED) is 0.237. The number of unbranched alkanes of at least 4 members (excludes halogenated alkanes) is 2. The maximum absolute atomic E-state index is 12.4. The minimum Gasteiger partial charge on any atom is -0.426 e. The maximum atomic E-state index is 12.4. The molecule has 1 aliphatic rings. The Morgan fingerprint density at radius 2 is 1.92 bits per heavy atom. The summed E-state index contributed by atoms with van der Waals surface area (Å²) < 4.78 is 5.60. The van der Waals surface area contributed by atoms with E-state index in [0.29, 0.717) is 11.7 Å². The molecule has 1 aromatic carbocycles. The predicted molar refractivity (Wildman–Crippen MR) is 105 cm³/mol. The van der Waals surface area contributed by atoms with Crippen molar-refractivity contribution in [1.29, 1.82) is 5.26 Å². The van der Waals surface area contributed by atoms with Gasteiger partial charge >= 0.3 is 5.97 Å². The summed E-state index contributed by atoms with van der Waals surface area (Å²) in [4.78, 5) is 12.4. The number of rotatable bonds is 9. The van der Waals surface area contributed by atoms with Gasteiger partial charge in [0.2, 0.25) is 0 Å². The summed E-state index contributed by atoms with van der Waals surface area (Å²) in [6.45, 7) is 2.21. The molecule has 26 heavy (non-hydrogen) atoms. The first-order valence-corrected chi connectivity index (χ1v) is 10.1. The van der Waals surface area contributed by atoms with Crippen LogP contribution in [0.2, 0.25) is 0 Å². The molecule has 0 aliphatic heterocycles. The van der Waals surface area contributed by atoms with Gasteiger partial charge in [0.1, 0.15) is 5.75 Å². The third-order valence-corrected chi connectivity index (χ3v) is 5.32. The fourth-order valence-electron chi connectivity index (χ4n) is 3.66. The van der Waals surface area contributed by atoms with E-state index in [2.05, 4.69) is 19.1 Å². The highest BCUT2D eigenvalue weighted by molar-refractivity contribution is 5.75. The van der Waals surface area contributed by atoms with Crippen LogP contribution in [0.3, 0.4) is 0 Å². The molecule has 3 nitrogen and oxygen atoms in total. The molecule has 0 amide bonds. The first-order chi connectivity index (χ1) is 12.7. The molecule has 0 heterocycles. The van der Waals surface area contributed by atoms with Gasteiger partial charge in [-0.15, -0.1) is 0 Å². The minimum atomic E-state index is -0.0773. The van der Waals surface area contributed by atoms with Gasteiger partial charge in [0, 0.05) is 6.08 Å². The molecule has 0 atom stereocenters. The molecule has 0 spiro atoms. The lowest BCUT2D eigenvalue weighted by Gasteiger charge is -2.26. The van der Waals surface area contributed by atoms with E-state index in [4.69, 9.17) is 10.00 Å². The summed E-state index contributed by atoms with van der Waals surface area (Å²) in [7, 11) is 0. The normalized spacial score (nSPS) is 20.0. The van der Waals surface area contributed by atoms with E-state index in [1.807, 2.05) is 24.3 Å². The van der Waals surface area contributed by atoms with Gasteiger partial charge in [-0.3, -0.25) is 4.79 Å². The number of carbonyl (C=O) groups is 1. The van der Waals surface area contributed by atoms with Crippen LogP contribution in [0, 0.1) is 23.2 Å². The number of benzene rings is 1. The highest BCUT2D eigenvalue weighted by atomic mass is 16.5. The van der Waals surface area contributed by atoms with Crippen molar-refractivity contribution in [2.45, 2.75) is 71.1 Å². The van der Waals surface area contributed by atoms with Crippen molar-refractivity contribution in [3.05, 3.63) is 42.0 Å². The first kappa shape index (κ1) is 20.2. The van der Waals surface area contributed by atoms with Crippen LogP contribution in [0.25, 0.3) is 0 Å². The molecular weight excluding hydrogens is 322 g/mol. The molecule has 140 valence electrons. The molecule has 3 heteroatoms. The molecular formula is C23H31NO2. The Morgan fingerprint density at radius 3 is 2.58 bits per heavy atom. The van der Waals surface area contributed by atoms with E-state index < -0.39 is 0 Å². The van der Waals surface area contributed by atoms with E-state index in [9.17, 15) is 4.79 Å². The van der Waals surface area contributed by atoms with Crippen molar-refractivity contribution in [3.63, 3.8) is 0 Å². The molecule has 0 saturated heterocycles. The van der Waals surface area contributed by atoms with Crippen molar-refractivity contribution in [3.8, 4) is 11.8 Å². The summed E-state index contributed by atoms with van der Waals surface area (Å²) >= 11 is 0. The molecule has 0 N–H and O–H groups in total. The zero-order chi connectivity index (χ0) is 18.6. The molecule has 0 unspecified atom stereocenters. The van der Waals surface area contributed by atoms with Gasteiger partial charge in [-0.05, 0) is 75.0 Å². The highest BCUT2D eigenvalue weighted by Gasteiger charge is 2.27. The van der Waals surface area contributed by atoms with Crippen LogP contribution in [0.5, 0.6) is 5.75 Å². The topological polar surface area (TPSA) is 50.1 Å². The number of nitriles is 1. The van der Waals surface area contributed by atoms with Gasteiger partial charge in [0.05, 0.1) is 12.0 Å². The van der Waals surface area contributed by atoms with E-state index in [-0.39, 0.29) is 11.9 Å². The second-order valence-corrected chi connectivity index (χ2v) is 7.35. The Morgan fingerprint density at radius 1 is 1.19 bits per heavy atom. The Kier molecular flexibility index (Phi) is 8.96. The first-order valence-electron chi connectivity index (χ1n) is 10.1. The predicted octanol–water partition coefficient (Wildman–Crippen LogP) is 5.99. The van der Waals surface area contributed by atoms with E-state index >= 15 is 0 Å². The standard InChI is InChI=1S/C23H31NO2/c1-2-3-5-8-20-12-16-22(17-13-20)26-23(25)21-14-10-19(11-15-21)9-6-4-7-18-24/h4,7,12-13,16-17,19,21H,2-3,5-6,8-11,14-15H2,1H3/b7-4+. The van der Waals surface area contributed by atoms with Crippen LogP contribution >= 0.6 is 0 Å². The third kappa shape index (κ3) is 7.04. The number of ether oxygens (including phenoxy) is 1. The number of hydrogen-bond acceptors (Lipinski definition) is 3. The van der Waals surface area contributed by atoms with E-state index in [0.717, 1.165) is 44.9 Å². The average Bonchev–Trinajstić information content (AvgIpc) is 2.67. The van der Waals surface area contributed by atoms with Crippen LogP contribution in [0.15, 0.2) is 36.4 Å². The summed E-state index contributed by atoms with van der Waals surface area (Å²) in [5.74, 6) is 1.29. The number of esters is 1. The van der Waals surface area contributed by atoms with Crippen molar-refractivity contribution in [2.75, 3.05) is 0 Å². The summed E-state index contributed by atoms with van der Waals surface area (Å²) in [5, 5.41) is 8.50. The largest absolute Gasteiger partial charge is 0.426 e. The lowest BCUT2D eigenvalue weighted by molar-refractivity contribution is -0.140. The van der Waals surface area contributed by atoms with Gasteiger partial charge in [-0.25, -0.2) is 0 Å². The van der Waals surface area contributed by atoms with E-state index in [1.165, 1.54) is 24.8 Å². The maximum Gasteiger partial charge on any atom is 0.314 e. The van der Waals surface area contributed by atoms with Crippen molar-refractivity contribution >= 4 is 5.97 Å². The molecule has 1 saturated carbocycles. The van der Waals surface area contributed by atoms with Gasteiger partial charge in [-0.2, -0.15) is 5.26 Å². The Hall–Kier alpha value is -2.08. The number of aryl methyl sites for hydroxylation is 1. The van der Waals surface area contributed by atoms with Gasteiger partial charge < -0.3 is 4.74 Å². The molecule has 0 aromatic heterocycles. The van der Waals surface area contributed by atoms with Crippen molar-refractivity contribution in [2.24, 2.45) is 11.8 Å². The molecule has 2 rings (SSSR count). The van der Waals surface area contributed by atoms with Crippen molar-refractivity contribution in [1.82, 2.24) is 0 Å². The van der Waals surface area contributed by atoms with Gasteiger partial charge in [0.25, 0.3) is 0 Å². The molecule has 0 bridgehead atoms. The molecule has 0 radical (unpaired) electrons. The molecule has 1 aromatic rings. The second kappa shape index (κ2) is 11.5. The van der Waals surface area contributed by atoms with E-state index in [1.54, 1.807) is 6.08 Å². The lowest BCUT2D eigenvalue weighted by Crippen LogP contribution is -2.25. The zero-order valence-corrected chi connectivity index (χ0v) is 16.0. The van der Waals surface area contributed by atoms with Crippen LogP contribution in [-0.2, 0) is 11.2 Å². The van der Waals surface area contributed by atoms with Crippen LogP contribution in [-0.4, -0.2) is 5.97 Å². The number of carbonyl (C=O) groups excluding carboxylic acids is 1. The molecule has 1 aliphatic carbocycles. The third-order valence-electron chi connectivity index (χ3n) is 5.32. The van der Waals surface area contributed by atoms with Gasteiger partial charge in [-0.1, -0.05) is 38.0 Å². The lowest BCUT2D eigenvalue weighted by atomic mass is 9.80. The highest BCUT2D eigenvalue weighted by Crippen LogP contribution is 2.32. The van der Waals surface area contributed by atoms with Crippen LogP contribution < -0.4 is 4.74 Å². The average molecular weight is 354 g/mol. The summed E-state index contributed by atoms with van der Waals surface area (Å²) in [5.41, 5.74) is 1.31. The number of hydrogen-bond donors (Lipinski definition) is 0. The van der Waals surface area contributed by atoms with Gasteiger partial charge in [0.15, 0.2) is 0 Å². The summed E-state index contributed by atoms with van der Waals surface area (Å²) in [6, 6.07) is 10.0. The Labute approximate surface area is 158 Å². The smallest absolute Gasteiger partial charge is 0.314 e. The van der Waals surface area contributed by atoms with Crippen LogP contribution in [0.4, 0.5) is 0 Å². The number of nitrogens with zero attached hydrogens (tertiary/aromatic N) is 1. The fraction of sp³-hybridized carbons (Fsp3) is 0.565. The Balaban J connectivity index is 1.71.